The van der Waals surface area contributed by atoms with E-state index in [1.54, 1.807) is 11.3 Å². The van der Waals surface area contributed by atoms with Crippen LogP contribution in [-0.4, -0.2) is 7.05 Å². The van der Waals surface area contributed by atoms with Gasteiger partial charge < -0.3 is 9.73 Å². The monoisotopic (exact) mass is 249 g/mol. The number of hydrogen-bond donors (Lipinski definition) is 1. The zero-order chi connectivity index (χ0) is 12.4. The third-order valence-electron chi connectivity index (χ3n) is 3.18. The van der Waals surface area contributed by atoms with Crippen molar-refractivity contribution in [2.75, 3.05) is 7.05 Å². The fraction of sp³-hybridized carbons (Fsp3) is 0.429. The zero-order valence-electron chi connectivity index (χ0n) is 10.8. The lowest BCUT2D eigenvalue weighted by Gasteiger charge is -2.13. The Hall–Kier alpha value is -1.06. The van der Waals surface area contributed by atoms with Crippen molar-refractivity contribution in [3.05, 3.63) is 45.0 Å². The minimum atomic E-state index is 0.178. The molecule has 0 aliphatic carbocycles. The van der Waals surface area contributed by atoms with Gasteiger partial charge in [0.15, 0.2) is 0 Å². The van der Waals surface area contributed by atoms with Crippen molar-refractivity contribution in [1.82, 2.24) is 5.32 Å². The van der Waals surface area contributed by atoms with Crippen LogP contribution in [0.4, 0.5) is 0 Å². The molecule has 0 saturated heterocycles. The normalized spacial score (nSPS) is 12.9. The highest BCUT2D eigenvalue weighted by atomic mass is 32.1. The molecule has 1 N–H and O–H groups in total. The van der Waals surface area contributed by atoms with E-state index in [9.17, 15) is 0 Å². The van der Waals surface area contributed by atoms with E-state index in [0.717, 1.165) is 17.9 Å². The number of thiophene rings is 1. The van der Waals surface area contributed by atoms with Crippen molar-refractivity contribution in [2.45, 2.75) is 33.2 Å². The van der Waals surface area contributed by atoms with Gasteiger partial charge in [-0.25, -0.2) is 0 Å². The van der Waals surface area contributed by atoms with Crippen LogP contribution in [0.1, 0.15) is 40.5 Å². The van der Waals surface area contributed by atoms with Crippen LogP contribution in [-0.2, 0) is 6.42 Å². The molecule has 0 aromatic carbocycles. The molecule has 0 saturated carbocycles. The largest absolute Gasteiger partial charge is 0.464 e. The lowest BCUT2D eigenvalue weighted by atomic mass is 10.1. The van der Waals surface area contributed by atoms with Gasteiger partial charge in [0.05, 0.1) is 0 Å². The van der Waals surface area contributed by atoms with Gasteiger partial charge in [0.2, 0.25) is 0 Å². The van der Waals surface area contributed by atoms with Crippen LogP contribution < -0.4 is 5.32 Å². The minimum absolute atomic E-state index is 0.178. The zero-order valence-corrected chi connectivity index (χ0v) is 11.6. The molecule has 3 heteroatoms. The van der Waals surface area contributed by atoms with Crippen LogP contribution in [0.2, 0.25) is 0 Å². The van der Waals surface area contributed by atoms with Crippen LogP contribution in [0.25, 0.3) is 0 Å². The summed E-state index contributed by atoms with van der Waals surface area (Å²) in [4.78, 5) is 1.36. The third kappa shape index (κ3) is 2.31. The third-order valence-corrected chi connectivity index (χ3v) is 4.21. The second kappa shape index (κ2) is 5.07. The quantitative estimate of drug-likeness (QED) is 0.891. The van der Waals surface area contributed by atoms with Gasteiger partial charge in [-0.05, 0) is 56.0 Å². The number of hydrogen-bond acceptors (Lipinski definition) is 3. The summed E-state index contributed by atoms with van der Waals surface area (Å²) in [7, 11) is 1.98. The van der Waals surface area contributed by atoms with E-state index in [4.69, 9.17) is 4.42 Å². The molecule has 0 bridgehead atoms. The Bertz CT molecular complexity index is 479. The smallest absolute Gasteiger partial charge is 0.126 e. The number of aryl methyl sites for hydroxylation is 3. The van der Waals surface area contributed by atoms with Crippen molar-refractivity contribution >= 4 is 11.3 Å². The molecule has 0 aliphatic heterocycles. The van der Waals surface area contributed by atoms with Crippen LogP contribution in [0.15, 0.2) is 21.9 Å². The highest BCUT2D eigenvalue weighted by Crippen LogP contribution is 2.31. The maximum Gasteiger partial charge on any atom is 0.126 e. The molecule has 92 valence electrons. The number of furan rings is 1. The summed E-state index contributed by atoms with van der Waals surface area (Å²) in [6.45, 7) is 6.29. The molecule has 0 radical (unpaired) electrons. The average molecular weight is 249 g/mol. The first-order valence-electron chi connectivity index (χ1n) is 5.97. The molecule has 0 amide bonds. The Balaban J connectivity index is 2.40. The molecule has 2 aromatic rings. The van der Waals surface area contributed by atoms with Gasteiger partial charge in [-0.3, -0.25) is 0 Å². The lowest BCUT2D eigenvalue weighted by Crippen LogP contribution is -2.17. The Morgan fingerprint density at radius 1 is 1.41 bits per heavy atom. The molecule has 1 unspecified atom stereocenters. The number of rotatable bonds is 4. The molecule has 0 spiro atoms. The van der Waals surface area contributed by atoms with Gasteiger partial charge in [0.25, 0.3) is 0 Å². The van der Waals surface area contributed by atoms with Crippen LogP contribution >= 0.6 is 11.3 Å². The molecule has 0 aliphatic rings. The Morgan fingerprint density at radius 2 is 2.18 bits per heavy atom. The fourth-order valence-electron chi connectivity index (χ4n) is 2.04. The van der Waals surface area contributed by atoms with E-state index in [1.165, 1.54) is 16.0 Å². The standard InChI is InChI=1S/C14H19NOS/c1-5-11-6-7-17-14(11)13(15-4)12-8-9(2)10(3)16-12/h6-8,13,15H,5H2,1-4H3. The van der Waals surface area contributed by atoms with Gasteiger partial charge in [0, 0.05) is 4.88 Å². The van der Waals surface area contributed by atoms with E-state index >= 15 is 0 Å². The van der Waals surface area contributed by atoms with Gasteiger partial charge in [-0.1, -0.05) is 6.92 Å². The first kappa shape index (κ1) is 12.4. The van der Waals surface area contributed by atoms with Gasteiger partial charge in [-0.2, -0.15) is 0 Å². The highest BCUT2D eigenvalue weighted by molar-refractivity contribution is 7.10. The van der Waals surface area contributed by atoms with E-state index in [0.29, 0.717) is 0 Å². The summed E-state index contributed by atoms with van der Waals surface area (Å²) in [5.41, 5.74) is 2.62. The first-order valence-corrected chi connectivity index (χ1v) is 6.85. The molecule has 0 fully saturated rings. The Labute approximate surface area is 107 Å². The number of nitrogens with one attached hydrogen (secondary N) is 1. The highest BCUT2D eigenvalue weighted by Gasteiger charge is 2.20. The first-order chi connectivity index (χ1) is 8.17. The predicted octanol–water partition coefficient (Wildman–Crippen LogP) is 3.83. The summed E-state index contributed by atoms with van der Waals surface area (Å²) in [5.74, 6) is 2.02. The van der Waals surface area contributed by atoms with Crippen LogP contribution in [0.3, 0.4) is 0 Å². The molecule has 17 heavy (non-hydrogen) atoms. The van der Waals surface area contributed by atoms with Crippen molar-refractivity contribution in [2.24, 2.45) is 0 Å². The van der Waals surface area contributed by atoms with Crippen LogP contribution in [0.5, 0.6) is 0 Å². The lowest BCUT2D eigenvalue weighted by molar-refractivity contribution is 0.444. The maximum atomic E-state index is 5.83. The van der Waals surface area contributed by atoms with E-state index in [-0.39, 0.29) is 6.04 Å². The van der Waals surface area contributed by atoms with Crippen molar-refractivity contribution < 1.29 is 4.42 Å². The van der Waals surface area contributed by atoms with Crippen molar-refractivity contribution in [3.63, 3.8) is 0 Å². The summed E-state index contributed by atoms with van der Waals surface area (Å²) in [6.07, 6.45) is 1.07. The van der Waals surface area contributed by atoms with Crippen LogP contribution in [0, 0.1) is 13.8 Å². The summed E-state index contributed by atoms with van der Waals surface area (Å²) >= 11 is 1.79. The summed E-state index contributed by atoms with van der Waals surface area (Å²) in [6, 6.07) is 4.51. The fourth-order valence-corrected chi connectivity index (χ4v) is 3.15. The minimum Gasteiger partial charge on any atom is -0.464 e. The molecular weight excluding hydrogens is 230 g/mol. The van der Waals surface area contributed by atoms with Crippen molar-refractivity contribution in [3.8, 4) is 0 Å². The molecule has 1 atom stereocenters. The SMILES string of the molecule is CCc1ccsc1C(NC)c1cc(C)c(C)o1. The molecular formula is C14H19NOS. The average Bonchev–Trinajstić information content (AvgIpc) is 2.89. The Kier molecular flexibility index (Phi) is 3.69. The van der Waals surface area contributed by atoms with E-state index < -0.39 is 0 Å². The maximum absolute atomic E-state index is 5.83. The van der Waals surface area contributed by atoms with Gasteiger partial charge in [-0.15, -0.1) is 11.3 Å². The van der Waals surface area contributed by atoms with Crippen molar-refractivity contribution in [1.29, 1.82) is 0 Å². The molecule has 2 rings (SSSR count). The molecule has 2 nitrogen and oxygen atoms in total. The van der Waals surface area contributed by atoms with Gasteiger partial charge >= 0.3 is 0 Å². The molecule has 2 heterocycles. The summed E-state index contributed by atoms with van der Waals surface area (Å²) < 4.78 is 5.83. The second-order valence-corrected chi connectivity index (χ2v) is 5.22. The molecule has 2 aromatic heterocycles. The van der Waals surface area contributed by atoms with Gasteiger partial charge in [0.1, 0.15) is 17.6 Å². The van der Waals surface area contributed by atoms with E-state index in [2.05, 4.69) is 36.7 Å². The Morgan fingerprint density at radius 3 is 2.71 bits per heavy atom. The second-order valence-electron chi connectivity index (χ2n) is 4.27. The topological polar surface area (TPSA) is 25.2 Å². The van der Waals surface area contributed by atoms with E-state index in [1.807, 2.05) is 14.0 Å². The summed E-state index contributed by atoms with van der Waals surface area (Å²) in [5, 5.41) is 5.51. The predicted molar refractivity (Wildman–Crippen MR) is 72.8 cm³/mol.